The van der Waals surface area contributed by atoms with Gasteiger partial charge in [-0.25, -0.2) is 4.98 Å². The standard InChI is InChI=1S/C14H19N3O2/c1-9(18)13-16-11-7-10(15)3-4-12(11)17(13)14(2)5-6-19-8-14/h3-4,7,9,18H,5-6,8,15H2,1-2H3. The fourth-order valence-corrected chi connectivity index (χ4v) is 2.80. The van der Waals surface area contributed by atoms with Crippen LogP contribution in [-0.4, -0.2) is 27.9 Å². The Morgan fingerprint density at radius 3 is 2.95 bits per heavy atom. The lowest BCUT2D eigenvalue weighted by Gasteiger charge is -2.28. The smallest absolute Gasteiger partial charge is 0.139 e. The number of nitrogens with zero attached hydrogens (tertiary/aromatic N) is 2. The zero-order valence-corrected chi connectivity index (χ0v) is 11.3. The van der Waals surface area contributed by atoms with Crippen molar-refractivity contribution in [2.24, 2.45) is 0 Å². The summed E-state index contributed by atoms with van der Waals surface area (Å²) in [6, 6.07) is 5.68. The van der Waals surface area contributed by atoms with Crippen molar-refractivity contribution >= 4 is 16.7 Å². The number of hydrogen-bond acceptors (Lipinski definition) is 4. The minimum absolute atomic E-state index is 0.156. The summed E-state index contributed by atoms with van der Waals surface area (Å²) in [4.78, 5) is 4.54. The Morgan fingerprint density at radius 1 is 1.53 bits per heavy atom. The molecule has 2 aromatic rings. The van der Waals surface area contributed by atoms with E-state index >= 15 is 0 Å². The molecule has 3 N–H and O–H groups in total. The van der Waals surface area contributed by atoms with Gasteiger partial charge in [-0.2, -0.15) is 0 Å². The first-order valence-electron chi connectivity index (χ1n) is 6.55. The number of anilines is 1. The fourth-order valence-electron chi connectivity index (χ4n) is 2.80. The highest BCUT2D eigenvalue weighted by Gasteiger charge is 2.35. The molecule has 0 aliphatic carbocycles. The van der Waals surface area contributed by atoms with Gasteiger partial charge in [-0.15, -0.1) is 0 Å². The summed E-state index contributed by atoms with van der Waals surface area (Å²) in [5.41, 5.74) is 8.16. The molecule has 3 rings (SSSR count). The van der Waals surface area contributed by atoms with Crippen molar-refractivity contribution < 1.29 is 9.84 Å². The van der Waals surface area contributed by atoms with Crippen LogP contribution in [-0.2, 0) is 10.3 Å². The number of benzene rings is 1. The molecule has 2 unspecified atom stereocenters. The molecule has 0 amide bonds. The Kier molecular flexibility index (Phi) is 2.76. The van der Waals surface area contributed by atoms with Crippen LogP contribution in [0, 0.1) is 0 Å². The highest BCUT2D eigenvalue weighted by Crippen LogP contribution is 2.34. The Balaban J connectivity index is 2.28. The summed E-state index contributed by atoms with van der Waals surface area (Å²) in [5, 5.41) is 9.99. The lowest BCUT2D eigenvalue weighted by atomic mass is 10.0. The van der Waals surface area contributed by atoms with E-state index in [-0.39, 0.29) is 5.54 Å². The van der Waals surface area contributed by atoms with Crippen LogP contribution in [0.5, 0.6) is 0 Å². The molecule has 1 aliphatic heterocycles. The van der Waals surface area contributed by atoms with Crippen LogP contribution in [0.15, 0.2) is 18.2 Å². The molecule has 1 saturated heterocycles. The number of aliphatic hydroxyl groups excluding tert-OH is 1. The maximum absolute atomic E-state index is 9.99. The van der Waals surface area contributed by atoms with Crippen LogP contribution in [0.3, 0.4) is 0 Å². The molecule has 2 atom stereocenters. The van der Waals surface area contributed by atoms with Crippen molar-refractivity contribution in [1.82, 2.24) is 9.55 Å². The molecule has 5 heteroatoms. The molecule has 1 aromatic heterocycles. The number of nitrogen functional groups attached to an aromatic ring is 1. The van der Waals surface area contributed by atoms with Crippen molar-refractivity contribution in [2.75, 3.05) is 18.9 Å². The van der Waals surface area contributed by atoms with Gasteiger partial charge in [0.2, 0.25) is 0 Å². The first-order valence-corrected chi connectivity index (χ1v) is 6.55. The average molecular weight is 261 g/mol. The van der Waals surface area contributed by atoms with Gasteiger partial charge in [0.25, 0.3) is 0 Å². The number of aliphatic hydroxyl groups is 1. The van der Waals surface area contributed by atoms with Gasteiger partial charge in [0.05, 0.1) is 23.2 Å². The molecule has 5 nitrogen and oxygen atoms in total. The summed E-state index contributed by atoms with van der Waals surface area (Å²) >= 11 is 0. The van der Waals surface area contributed by atoms with Crippen molar-refractivity contribution in [3.63, 3.8) is 0 Å². The third-order valence-corrected chi connectivity index (χ3v) is 3.82. The molecule has 1 aromatic carbocycles. The molecular formula is C14H19N3O2. The predicted octanol–water partition coefficient (Wildman–Crippen LogP) is 1.81. The fraction of sp³-hybridized carbons (Fsp3) is 0.500. The van der Waals surface area contributed by atoms with Crippen LogP contribution in [0.1, 0.15) is 32.2 Å². The molecule has 2 heterocycles. The molecule has 19 heavy (non-hydrogen) atoms. The molecule has 1 aliphatic rings. The number of rotatable bonds is 2. The molecule has 0 saturated carbocycles. The van der Waals surface area contributed by atoms with Crippen molar-refractivity contribution in [2.45, 2.75) is 31.9 Å². The van der Waals surface area contributed by atoms with E-state index in [4.69, 9.17) is 10.5 Å². The predicted molar refractivity (Wildman–Crippen MR) is 73.9 cm³/mol. The Morgan fingerprint density at radius 2 is 2.32 bits per heavy atom. The number of nitrogens with two attached hydrogens (primary N) is 1. The topological polar surface area (TPSA) is 73.3 Å². The lowest BCUT2D eigenvalue weighted by Crippen LogP contribution is -2.32. The zero-order chi connectivity index (χ0) is 13.6. The number of aromatic nitrogens is 2. The van der Waals surface area contributed by atoms with Crippen molar-refractivity contribution in [3.05, 3.63) is 24.0 Å². The molecular weight excluding hydrogens is 242 g/mol. The van der Waals surface area contributed by atoms with Crippen LogP contribution >= 0.6 is 0 Å². The normalized spacial score (nSPS) is 25.0. The molecule has 1 fully saturated rings. The van der Waals surface area contributed by atoms with Crippen LogP contribution in [0.2, 0.25) is 0 Å². The highest BCUT2D eigenvalue weighted by atomic mass is 16.5. The van der Waals surface area contributed by atoms with E-state index in [1.165, 1.54) is 0 Å². The van der Waals surface area contributed by atoms with Gasteiger partial charge in [-0.1, -0.05) is 0 Å². The molecule has 0 spiro atoms. The lowest BCUT2D eigenvalue weighted by molar-refractivity contribution is 0.146. The number of fused-ring (bicyclic) bond motifs is 1. The first kappa shape index (κ1) is 12.4. The number of imidazole rings is 1. The van der Waals surface area contributed by atoms with E-state index in [0.29, 0.717) is 18.1 Å². The van der Waals surface area contributed by atoms with Crippen LogP contribution in [0.4, 0.5) is 5.69 Å². The largest absolute Gasteiger partial charge is 0.399 e. The number of ether oxygens (including phenoxy) is 1. The van der Waals surface area contributed by atoms with Gasteiger partial charge < -0.3 is 20.1 Å². The second-order valence-corrected chi connectivity index (χ2v) is 5.53. The second-order valence-electron chi connectivity index (χ2n) is 5.53. The van der Waals surface area contributed by atoms with Crippen molar-refractivity contribution in [1.29, 1.82) is 0 Å². The van der Waals surface area contributed by atoms with E-state index in [9.17, 15) is 5.11 Å². The molecule has 102 valence electrons. The van der Waals surface area contributed by atoms with Gasteiger partial charge >= 0.3 is 0 Å². The van der Waals surface area contributed by atoms with E-state index < -0.39 is 6.10 Å². The summed E-state index contributed by atoms with van der Waals surface area (Å²) < 4.78 is 7.65. The second kappa shape index (κ2) is 4.21. The average Bonchev–Trinajstić information content (AvgIpc) is 2.93. The minimum atomic E-state index is -0.619. The van der Waals surface area contributed by atoms with Crippen LogP contribution < -0.4 is 5.73 Å². The van der Waals surface area contributed by atoms with E-state index in [1.807, 2.05) is 18.2 Å². The third-order valence-electron chi connectivity index (χ3n) is 3.82. The van der Waals surface area contributed by atoms with Gasteiger partial charge in [0.1, 0.15) is 11.9 Å². The maximum Gasteiger partial charge on any atom is 0.139 e. The summed E-state index contributed by atoms with van der Waals surface area (Å²) in [5.74, 6) is 0.675. The number of hydrogen-bond donors (Lipinski definition) is 2. The molecule has 0 bridgehead atoms. The summed E-state index contributed by atoms with van der Waals surface area (Å²) in [7, 11) is 0. The maximum atomic E-state index is 9.99. The van der Waals surface area contributed by atoms with Crippen molar-refractivity contribution in [3.8, 4) is 0 Å². The minimum Gasteiger partial charge on any atom is -0.399 e. The van der Waals surface area contributed by atoms with Gasteiger partial charge in [-0.05, 0) is 38.5 Å². The highest BCUT2D eigenvalue weighted by molar-refractivity contribution is 5.80. The van der Waals surface area contributed by atoms with E-state index in [2.05, 4.69) is 16.5 Å². The Labute approximate surface area is 112 Å². The van der Waals surface area contributed by atoms with Crippen LogP contribution in [0.25, 0.3) is 11.0 Å². The first-order chi connectivity index (χ1) is 9.01. The Bertz CT molecular complexity index is 612. The quantitative estimate of drug-likeness (QED) is 0.809. The monoisotopic (exact) mass is 261 g/mol. The SMILES string of the molecule is CC(O)c1nc2cc(N)ccc2n1C1(C)CCOC1. The third kappa shape index (κ3) is 1.89. The van der Waals surface area contributed by atoms with Gasteiger partial charge in [0.15, 0.2) is 0 Å². The van der Waals surface area contributed by atoms with E-state index in [1.54, 1.807) is 6.92 Å². The Hall–Kier alpha value is -1.59. The zero-order valence-electron chi connectivity index (χ0n) is 11.3. The van der Waals surface area contributed by atoms with Gasteiger partial charge in [0, 0.05) is 12.3 Å². The summed E-state index contributed by atoms with van der Waals surface area (Å²) in [6.45, 7) is 5.26. The van der Waals surface area contributed by atoms with E-state index in [0.717, 1.165) is 24.1 Å². The summed E-state index contributed by atoms with van der Waals surface area (Å²) in [6.07, 6.45) is 0.300. The van der Waals surface area contributed by atoms with Gasteiger partial charge in [-0.3, -0.25) is 0 Å². The molecule has 0 radical (unpaired) electrons.